The van der Waals surface area contributed by atoms with Crippen LogP contribution in [0.15, 0.2) is 23.2 Å². The van der Waals surface area contributed by atoms with Gasteiger partial charge >= 0.3 is 0 Å². The molecule has 0 amide bonds. The molecule has 0 bridgehead atoms. The monoisotopic (exact) mass is 280 g/mol. The minimum Gasteiger partial charge on any atom is -0.367 e. The third kappa shape index (κ3) is 1.51. The molecule has 1 unspecified atom stereocenters. The van der Waals surface area contributed by atoms with Gasteiger partial charge in [0.2, 0.25) is 0 Å². The number of hydrogen-bond donors (Lipinski definition) is 2. The molecule has 0 radical (unpaired) electrons. The molecule has 1 aliphatic heterocycles. The lowest BCUT2D eigenvalue weighted by Gasteiger charge is -2.21. The van der Waals surface area contributed by atoms with Crippen LogP contribution in [-0.2, 0) is 13.0 Å². The first-order valence-corrected chi connectivity index (χ1v) is 6.18. The van der Waals surface area contributed by atoms with Crippen molar-refractivity contribution in [1.29, 1.82) is 0 Å². The fourth-order valence-electron chi connectivity index (χ4n) is 2.25. The van der Waals surface area contributed by atoms with Gasteiger partial charge in [-0.3, -0.25) is 0 Å². The minimum atomic E-state index is 0.247. The van der Waals surface area contributed by atoms with E-state index in [2.05, 4.69) is 30.5 Å². The topological polar surface area (TPSA) is 59.6 Å². The number of rotatable bonds is 1. The molecule has 84 valence electrons. The molecule has 0 saturated carbocycles. The van der Waals surface area contributed by atoms with Crippen LogP contribution in [0.5, 0.6) is 0 Å². The molecule has 0 aliphatic carbocycles. The van der Waals surface area contributed by atoms with E-state index in [9.17, 15) is 0 Å². The van der Waals surface area contributed by atoms with Gasteiger partial charge in [0.05, 0.1) is 5.69 Å². The van der Waals surface area contributed by atoms with E-state index in [0.29, 0.717) is 0 Å². The van der Waals surface area contributed by atoms with Crippen molar-refractivity contribution in [2.24, 2.45) is 5.73 Å². The summed E-state index contributed by atoms with van der Waals surface area (Å²) in [5.74, 6) is 0. The second-order valence-corrected chi connectivity index (χ2v) is 4.89. The Hall–Kier alpha value is -1.07. The van der Waals surface area contributed by atoms with Crippen LogP contribution in [0.3, 0.4) is 0 Å². The summed E-state index contributed by atoms with van der Waals surface area (Å²) in [6.45, 7) is 0.855. The number of nitrogens with one attached hydrogen (secondary N) is 1. The predicted molar refractivity (Wildman–Crippen MR) is 66.0 cm³/mol. The number of imidazole rings is 1. The molecular formula is C11H13BrN4. The first-order valence-electron chi connectivity index (χ1n) is 5.39. The van der Waals surface area contributed by atoms with Gasteiger partial charge in [-0.25, -0.2) is 4.98 Å². The summed E-state index contributed by atoms with van der Waals surface area (Å²) in [7, 11) is 0. The largest absolute Gasteiger partial charge is 0.367 e. The summed E-state index contributed by atoms with van der Waals surface area (Å²) in [6.07, 6.45) is 5.93. The predicted octanol–water partition coefficient (Wildman–Crippen LogP) is 1.91. The zero-order valence-corrected chi connectivity index (χ0v) is 10.4. The molecule has 5 heteroatoms. The third-order valence-corrected chi connectivity index (χ3v) is 3.67. The second-order valence-electron chi connectivity index (χ2n) is 4.19. The quantitative estimate of drug-likeness (QED) is 0.839. The van der Waals surface area contributed by atoms with E-state index in [1.165, 1.54) is 5.69 Å². The Morgan fingerprint density at radius 1 is 1.56 bits per heavy atom. The van der Waals surface area contributed by atoms with Crippen molar-refractivity contribution in [2.45, 2.75) is 25.4 Å². The van der Waals surface area contributed by atoms with Crippen molar-refractivity contribution in [2.75, 3.05) is 0 Å². The maximum absolute atomic E-state index is 5.97. The van der Waals surface area contributed by atoms with Crippen molar-refractivity contribution in [3.8, 4) is 11.3 Å². The van der Waals surface area contributed by atoms with E-state index in [4.69, 9.17) is 5.73 Å². The highest BCUT2D eigenvalue weighted by atomic mass is 79.9. The second kappa shape index (κ2) is 3.75. The summed E-state index contributed by atoms with van der Waals surface area (Å²) in [5, 5.41) is 0. The minimum absolute atomic E-state index is 0.247. The smallest absolute Gasteiger partial charge is 0.177 e. The average Bonchev–Trinajstić information content (AvgIpc) is 2.87. The number of aromatic amines is 1. The van der Waals surface area contributed by atoms with Gasteiger partial charge in [-0.2, -0.15) is 0 Å². The number of aromatic nitrogens is 3. The lowest BCUT2D eigenvalue weighted by Crippen LogP contribution is -2.31. The van der Waals surface area contributed by atoms with Crippen molar-refractivity contribution in [1.82, 2.24) is 14.5 Å². The maximum Gasteiger partial charge on any atom is 0.177 e. The lowest BCUT2D eigenvalue weighted by atomic mass is 10.0. The summed E-state index contributed by atoms with van der Waals surface area (Å²) in [5.41, 5.74) is 9.47. The van der Waals surface area contributed by atoms with Crippen molar-refractivity contribution >= 4 is 15.9 Å². The molecule has 0 fully saturated rings. The number of fused-ring (bicyclic) bond motifs is 1. The van der Waals surface area contributed by atoms with Crippen LogP contribution in [0.4, 0.5) is 0 Å². The highest BCUT2D eigenvalue weighted by molar-refractivity contribution is 9.10. The normalized spacial score (nSPS) is 19.8. The van der Waals surface area contributed by atoms with Crippen molar-refractivity contribution in [3.63, 3.8) is 0 Å². The van der Waals surface area contributed by atoms with Gasteiger partial charge in [-0.15, -0.1) is 0 Å². The van der Waals surface area contributed by atoms with Crippen LogP contribution in [0, 0.1) is 0 Å². The molecule has 2 aromatic heterocycles. The van der Waals surface area contributed by atoms with E-state index in [1.807, 2.05) is 18.5 Å². The number of nitrogens with zero attached hydrogens (tertiary/aromatic N) is 2. The van der Waals surface area contributed by atoms with Gasteiger partial charge in [0.25, 0.3) is 0 Å². The first kappa shape index (κ1) is 10.1. The summed E-state index contributed by atoms with van der Waals surface area (Å²) in [6, 6.07) is 2.29. The van der Waals surface area contributed by atoms with Gasteiger partial charge in [0, 0.05) is 36.2 Å². The molecule has 1 atom stereocenters. The highest BCUT2D eigenvalue weighted by Crippen LogP contribution is 2.30. The zero-order valence-electron chi connectivity index (χ0n) is 8.78. The SMILES string of the molecule is NC1CCc2c(-c3cc[nH]c3)nc(Br)n2C1. The fourth-order valence-corrected chi connectivity index (χ4v) is 2.78. The number of H-pyrrole nitrogens is 1. The van der Waals surface area contributed by atoms with Crippen LogP contribution in [0.1, 0.15) is 12.1 Å². The number of nitrogens with two attached hydrogens (primary N) is 1. The standard InChI is InChI=1S/C11H13BrN4/c12-11-15-10(7-3-4-14-5-7)9-2-1-8(13)6-16(9)11/h3-5,8,14H,1-2,6,13H2. The summed E-state index contributed by atoms with van der Waals surface area (Å²) >= 11 is 3.50. The molecule has 1 aliphatic rings. The van der Waals surface area contributed by atoms with E-state index < -0.39 is 0 Å². The molecule has 0 spiro atoms. The molecular weight excluding hydrogens is 268 g/mol. The number of hydrogen-bond acceptors (Lipinski definition) is 2. The Bertz CT molecular complexity index is 500. The van der Waals surface area contributed by atoms with Gasteiger partial charge in [0.15, 0.2) is 4.73 Å². The van der Waals surface area contributed by atoms with Gasteiger partial charge in [0.1, 0.15) is 0 Å². The molecule has 0 saturated heterocycles. The van der Waals surface area contributed by atoms with E-state index in [-0.39, 0.29) is 6.04 Å². The van der Waals surface area contributed by atoms with Gasteiger partial charge in [-0.05, 0) is 34.8 Å². The molecule has 4 nitrogen and oxygen atoms in total. The van der Waals surface area contributed by atoms with Crippen LogP contribution in [-0.4, -0.2) is 20.6 Å². The average molecular weight is 281 g/mol. The summed E-state index contributed by atoms with van der Waals surface area (Å²) in [4.78, 5) is 7.64. The van der Waals surface area contributed by atoms with E-state index in [0.717, 1.165) is 35.4 Å². The molecule has 16 heavy (non-hydrogen) atoms. The maximum atomic E-state index is 5.97. The Kier molecular flexibility index (Phi) is 2.37. The van der Waals surface area contributed by atoms with E-state index in [1.54, 1.807) is 0 Å². The zero-order chi connectivity index (χ0) is 11.1. The van der Waals surface area contributed by atoms with Crippen LogP contribution < -0.4 is 5.73 Å². The first-order chi connectivity index (χ1) is 7.75. The Labute approximate surface area is 102 Å². The van der Waals surface area contributed by atoms with Crippen LogP contribution >= 0.6 is 15.9 Å². The van der Waals surface area contributed by atoms with Gasteiger partial charge in [-0.1, -0.05) is 0 Å². The fraction of sp³-hybridized carbons (Fsp3) is 0.364. The highest BCUT2D eigenvalue weighted by Gasteiger charge is 2.23. The molecule has 0 aromatic carbocycles. The molecule has 3 heterocycles. The Morgan fingerprint density at radius 3 is 3.19 bits per heavy atom. The van der Waals surface area contributed by atoms with Gasteiger partial charge < -0.3 is 15.3 Å². The third-order valence-electron chi connectivity index (χ3n) is 3.07. The Balaban J connectivity index is 2.12. The molecule has 3 rings (SSSR count). The lowest BCUT2D eigenvalue weighted by molar-refractivity contribution is 0.455. The molecule has 3 N–H and O–H groups in total. The summed E-state index contributed by atoms with van der Waals surface area (Å²) < 4.78 is 3.06. The number of halogens is 1. The van der Waals surface area contributed by atoms with Crippen molar-refractivity contribution in [3.05, 3.63) is 28.9 Å². The molecule has 2 aromatic rings. The van der Waals surface area contributed by atoms with E-state index >= 15 is 0 Å². The van der Waals surface area contributed by atoms with Crippen LogP contribution in [0.25, 0.3) is 11.3 Å². The van der Waals surface area contributed by atoms with Crippen molar-refractivity contribution < 1.29 is 0 Å². The Morgan fingerprint density at radius 2 is 2.44 bits per heavy atom. The van der Waals surface area contributed by atoms with Crippen LogP contribution in [0.2, 0.25) is 0 Å².